The molecule has 0 aliphatic rings. The Labute approximate surface area is 66.0 Å². The first kappa shape index (κ1) is 7.09. The van der Waals surface area contributed by atoms with Crippen LogP contribution >= 0.6 is 0 Å². The van der Waals surface area contributed by atoms with Crippen LogP contribution in [0.5, 0.6) is 5.75 Å². The second-order valence-corrected chi connectivity index (χ2v) is 2.36. The second kappa shape index (κ2) is 2.20. The molecule has 1 N–H and O–H groups in total. The van der Waals surface area contributed by atoms with Gasteiger partial charge in [-0.3, -0.25) is 0 Å². The van der Waals surface area contributed by atoms with Gasteiger partial charge in [0.1, 0.15) is 0 Å². The summed E-state index contributed by atoms with van der Waals surface area (Å²) in [6.45, 7) is 0. The molecule has 0 atom stereocenters. The van der Waals surface area contributed by atoms with Crippen LogP contribution < -0.4 is 0 Å². The second-order valence-electron chi connectivity index (χ2n) is 2.36. The molecule has 1 heterocycles. The molecule has 4 heteroatoms. The molecule has 62 valence electrons. The number of phenols is 1. The van der Waals surface area contributed by atoms with Crippen LogP contribution in [0.1, 0.15) is 0 Å². The normalized spacial score (nSPS) is 10.8. The van der Waals surface area contributed by atoms with Crippen molar-refractivity contribution in [1.29, 1.82) is 0 Å². The maximum Gasteiger partial charge on any atom is 0.205 e. The predicted molar refractivity (Wildman–Crippen MR) is 37.8 cm³/mol. The SMILES string of the molecule is Oc1cc2ccoc2c(F)c1F. The van der Waals surface area contributed by atoms with Gasteiger partial charge in [-0.2, -0.15) is 8.78 Å². The van der Waals surface area contributed by atoms with E-state index in [1.165, 1.54) is 12.3 Å². The zero-order valence-electron chi connectivity index (χ0n) is 5.84. The van der Waals surface area contributed by atoms with E-state index in [2.05, 4.69) is 4.42 Å². The van der Waals surface area contributed by atoms with Crippen molar-refractivity contribution in [3.8, 4) is 5.75 Å². The van der Waals surface area contributed by atoms with Crippen molar-refractivity contribution in [2.45, 2.75) is 0 Å². The minimum Gasteiger partial charge on any atom is -0.505 e. The number of halogens is 2. The highest BCUT2D eigenvalue weighted by Gasteiger charge is 2.14. The Bertz CT molecular complexity index is 434. The van der Waals surface area contributed by atoms with Gasteiger partial charge in [0, 0.05) is 5.39 Å². The van der Waals surface area contributed by atoms with Gasteiger partial charge >= 0.3 is 0 Å². The molecule has 0 saturated carbocycles. The van der Waals surface area contributed by atoms with Gasteiger partial charge in [0.25, 0.3) is 0 Å². The third-order valence-corrected chi connectivity index (χ3v) is 1.60. The number of hydrogen-bond donors (Lipinski definition) is 1. The molecule has 0 amide bonds. The molecule has 0 aliphatic carbocycles. The van der Waals surface area contributed by atoms with Crippen molar-refractivity contribution in [2.75, 3.05) is 0 Å². The Morgan fingerprint density at radius 2 is 2.00 bits per heavy atom. The van der Waals surface area contributed by atoms with Gasteiger partial charge in [0.2, 0.25) is 11.6 Å². The van der Waals surface area contributed by atoms with Crippen LogP contribution in [0.25, 0.3) is 11.0 Å². The van der Waals surface area contributed by atoms with E-state index in [9.17, 15) is 8.78 Å². The number of rotatable bonds is 0. The van der Waals surface area contributed by atoms with Crippen LogP contribution in [0.2, 0.25) is 0 Å². The molecule has 2 aromatic rings. The van der Waals surface area contributed by atoms with E-state index in [1.54, 1.807) is 0 Å². The summed E-state index contributed by atoms with van der Waals surface area (Å²) in [7, 11) is 0. The monoisotopic (exact) mass is 170 g/mol. The highest BCUT2D eigenvalue weighted by molar-refractivity contribution is 5.79. The highest BCUT2D eigenvalue weighted by Crippen LogP contribution is 2.27. The minimum absolute atomic E-state index is 0.176. The van der Waals surface area contributed by atoms with E-state index in [1.807, 2.05) is 0 Å². The molecule has 0 spiro atoms. The molecule has 12 heavy (non-hydrogen) atoms. The Kier molecular flexibility index (Phi) is 1.30. The Morgan fingerprint density at radius 3 is 2.75 bits per heavy atom. The molecular formula is C8H4F2O2. The summed E-state index contributed by atoms with van der Waals surface area (Å²) in [5, 5.41) is 9.20. The average Bonchev–Trinajstić information content (AvgIpc) is 2.48. The summed E-state index contributed by atoms with van der Waals surface area (Å²) in [6.07, 6.45) is 1.23. The summed E-state index contributed by atoms with van der Waals surface area (Å²) in [5.74, 6) is -3.14. The molecule has 2 rings (SSSR count). The van der Waals surface area contributed by atoms with Crippen molar-refractivity contribution in [1.82, 2.24) is 0 Å². The van der Waals surface area contributed by atoms with E-state index >= 15 is 0 Å². The lowest BCUT2D eigenvalue weighted by Crippen LogP contribution is -1.84. The maximum atomic E-state index is 12.9. The summed E-state index contributed by atoms with van der Waals surface area (Å²) < 4.78 is 30.2. The van der Waals surface area contributed by atoms with Crippen molar-refractivity contribution in [2.24, 2.45) is 0 Å². The zero-order valence-corrected chi connectivity index (χ0v) is 5.84. The van der Waals surface area contributed by atoms with Gasteiger partial charge in [-0.15, -0.1) is 0 Å². The lowest BCUT2D eigenvalue weighted by atomic mass is 10.2. The Hall–Kier alpha value is -1.58. The number of furan rings is 1. The van der Waals surface area contributed by atoms with Crippen LogP contribution in [-0.2, 0) is 0 Å². The van der Waals surface area contributed by atoms with E-state index in [4.69, 9.17) is 5.11 Å². The third-order valence-electron chi connectivity index (χ3n) is 1.60. The first-order chi connectivity index (χ1) is 5.70. The molecule has 0 saturated heterocycles. The van der Waals surface area contributed by atoms with Crippen LogP contribution in [-0.4, -0.2) is 5.11 Å². The zero-order chi connectivity index (χ0) is 8.72. The van der Waals surface area contributed by atoms with Gasteiger partial charge in [0.05, 0.1) is 6.26 Å². The van der Waals surface area contributed by atoms with Gasteiger partial charge in [-0.1, -0.05) is 0 Å². The summed E-state index contributed by atoms with van der Waals surface area (Å²) in [5.41, 5.74) is -0.176. The molecule has 0 bridgehead atoms. The van der Waals surface area contributed by atoms with E-state index < -0.39 is 17.4 Å². The largest absolute Gasteiger partial charge is 0.505 e. The fourth-order valence-corrected chi connectivity index (χ4v) is 1.03. The first-order valence-electron chi connectivity index (χ1n) is 3.24. The molecule has 2 nitrogen and oxygen atoms in total. The summed E-state index contributed by atoms with van der Waals surface area (Å²) in [4.78, 5) is 0. The number of hydrogen-bond acceptors (Lipinski definition) is 2. The number of fused-ring (bicyclic) bond motifs is 1. The van der Waals surface area contributed by atoms with E-state index in [0.29, 0.717) is 5.39 Å². The van der Waals surface area contributed by atoms with Crippen molar-refractivity contribution >= 4 is 11.0 Å². The van der Waals surface area contributed by atoms with Gasteiger partial charge in [-0.25, -0.2) is 0 Å². The smallest absolute Gasteiger partial charge is 0.205 e. The minimum atomic E-state index is -1.28. The number of phenolic OH excluding ortho intramolecular Hbond substituents is 1. The fourth-order valence-electron chi connectivity index (χ4n) is 1.03. The lowest BCUT2D eigenvalue weighted by molar-refractivity contribution is 0.406. The van der Waals surface area contributed by atoms with E-state index in [-0.39, 0.29) is 5.58 Å². The maximum absolute atomic E-state index is 12.9. The van der Waals surface area contributed by atoms with Gasteiger partial charge in [0.15, 0.2) is 11.3 Å². The van der Waals surface area contributed by atoms with Crippen LogP contribution in [0.3, 0.4) is 0 Å². The number of aromatic hydroxyl groups is 1. The molecule has 0 aliphatic heterocycles. The molecule has 1 aromatic carbocycles. The molecule has 0 fully saturated rings. The van der Waals surface area contributed by atoms with E-state index in [0.717, 1.165) is 6.07 Å². The molecule has 0 unspecified atom stereocenters. The first-order valence-corrected chi connectivity index (χ1v) is 3.24. The summed E-state index contributed by atoms with van der Waals surface area (Å²) >= 11 is 0. The lowest BCUT2D eigenvalue weighted by Gasteiger charge is -1.96. The third kappa shape index (κ3) is 0.777. The quantitative estimate of drug-likeness (QED) is 0.658. The van der Waals surface area contributed by atoms with Crippen molar-refractivity contribution in [3.63, 3.8) is 0 Å². The fraction of sp³-hybridized carbons (Fsp3) is 0. The topological polar surface area (TPSA) is 33.4 Å². The Balaban J connectivity index is 2.94. The van der Waals surface area contributed by atoms with Crippen LogP contribution in [0.15, 0.2) is 22.8 Å². The molecular weight excluding hydrogens is 166 g/mol. The van der Waals surface area contributed by atoms with Crippen LogP contribution in [0, 0.1) is 11.6 Å². The summed E-state index contributed by atoms with van der Waals surface area (Å²) in [6, 6.07) is 2.55. The highest BCUT2D eigenvalue weighted by atomic mass is 19.2. The molecule has 0 radical (unpaired) electrons. The standard InChI is InChI=1S/C8H4F2O2/c9-6-5(11)3-4-1-2-12-8(4)7(6)10/h1-3,11H. The van der Waals surface area contributed by atoms with Crippen molar-refractivity contribution < 1.29 is 18.3 Å². The molecule has 1 aromatic heterocycles. The Morgan fingerprint density at radius 1 is 1.25 bits per heavy atom. The van der Waals surface area contributed by atoms with Gasteiger partial charge < -0.3 is 9.52 Å². The van der Waals surface area contributed by atoms with Crippen LogP contribution in [0.4, 0.5) is 8.78 Å². The number of benzene rings is 1. The van der Waals surface area contributed by atoms with Gasteiger partial charge in [-0.05, 0) is 12.1 Å². The average molecular weight is 170 g/mol. The predicted octanol–water partition coefficient (Wildman–Crippen LogP) is 2.42. The van der Waals surface area contributed by atoms with Crippen molar-refractivity contribution in [3.05, 3.63) is 30.0 Å².